The molecule has 0 spiro atoms. The van der Waals surface area contributed by atoms with Gasteiger partial charge in [-0.25, -0.2) is 4.68 Å². The maximum atomic E-state index is 12.5. The smallest absolute Gasteiger partial charge is 0.253 e. The number of piperidine rings is 1. The summed E-state index contributed by atoms with van der Waals surface area (Å²) in [6.45, 7) is 3.68. The highest BCUT2D eigenvalue weighted by atomic mass is 16.2. The zero-order valence-electron chi connectivity index (χ0n) is 13.0. The molecule has 1 atom stereocenters. The van der Waals surface area contributed by atoms with E-state index in [0.717, 1.165) is 30.8 Å². The molecule has 7 nitrogen and oxygen atoms in total. The van der Waals surface area contributed by atoms with Crippen molar-refractivity contribution in [1.29, 1.82) is 5.26 Å². The third-order valence-electron chi connectivity index (χ3n) is 4.14. The highest BCUT2D eigenvalue weighted by Gasteiger charge is 2.24. The molecule has 1 saturated heterocycles. The van der Waals surface area contributed by atoms with Crippen molar-refractivity contribution >= 4 is 5.91 Å². The zero-order chi connectivity index (χ0) is 16.2. The van der Waals surface area contributed by atoms with Gasteiger partial charge in [0.05, 0.1) is 18.5 Å². The third-order valence-corrected chi connectivity index (χ3v) is 4.14. The number of likely N-dealkylation sites (tertiary alicyclic amines) is 1. The quantitative estimate of drug-likeness (QED) is 0.855. The van der Waals surface area contributed by atoms with E-state index in [9.17, 15) is 4.79 Å². The number of aryl methyl sites for hydroxylation is 1. The van der Waals surface area contributed by atoms with Crippen LogP contribution in [0, 0.1) is 24.2 Å². The Balaban J connectivity index is 1.68. The van der Waals surface area contributed by atoms with Crippen molar-refractivity contribution in [1.82, 2.24) is 25.1 Å². The van der Waals surface area contributed by atoms with Crippen LogP contribution in [0.3, 0.4) is 0 Å². The molecule has 2 heterocycles. The van der Waals surface area contributed by atoms with E-state index < -0.39 is 0 Å². The summed E-state index contributed by atoms with van der Waals surface area (Å²) >= 11 is 0. The molecule has 2 aromatic rings. The number of carbonyl (C=O) groups is 1. The van der Waals surface area contributed by atoms with E-state index in [1.807, 2.05) is 31.2 Å². The van der Waals surface area contributed by atoms with Crippen LogP contribution >= 0.6 is 0 Å². The molecule has 1 aliphatic rings. The summed E-state index contributed by atoms with van der Waals surface area (Å²) in [4.78, 5) is 14.3. The number of hydrogen-bond acceptors (Lipinski definition) is 5. The topological polar surface area (TPSA) is 87.7 Å². The van der Waals surface area contributed by atoms with Crippen LogP contribution in [0.2, 0.25) is 0 Å². The number of nitrogens with zero attached hydrogens (tertiary/aromatic N) is 6. The molecule has 0 aliphatic carbocycles. The second kappa shape index (κ2) is 6.57. The second-order valence-electron chi connectivity index (χ2n) is 5.80. The van der Waals surface area contributed by atoms with E-state index in [0.29, 0.717) is 18.7 Å². The highest BCUT2D eigenvalue weighted by molar-refractivity contribution is 5.94. The van der Waals surface area contributed by atoms with Gasteiger partial charge in [-0.1, -0.05) is 12.1 Å². The van der Waals surface area contributed by atoms with Gasteiger partial charge in [-0.3, -0.25) is 4.79 Å². The first-order chi connectivity index (χ1) is 11.2. The van der Waals surface area contributed by atoms with Crippen molar-refractivity contribution in [2.24, 2.45) is 5.92 Å². The van der Waals surface area contributed by atoms with Gasteiger partial charge in [0, 0.05) is 18.7 Å². The lowest BCUT2D eigenvalue weighted by Gasteiger charge is -2.29. The largest absolute Gasteiger partial charge is 0.337 e. The molecule has 118 valence electrons. The molecule has 7 heteroatoms. The van der Waals surface area contributed by atoms with Gasteiger partial charge in [-0.2, -0.15) is 5.26 Å². The number of hydrogen-bond donors (Lipinski definition) is 0. The standard InChI is InChI=1S/C16H18N6O/c1-12-18-19-20-22(12)11-13-4-6-15(7-5-13)16(23)21-8-2-3-14(9-17)10-21/h4-7,14H,2-3,8,10-11H2,1H3/t14-/m1/s1. The number of rotatable bonds is 3. The lowest BCUT2D eigenvalue weighted by Crippen LogP contribution is -2.39. The van der Waals surface area contributed by atoms with Gasteiger partial charge in [0.1, 0.15) is 5.82 Å². The predicted octanol–water partition coefficient (Wildman–Crippen LogP) is 1.41. The maximum absolute atomic E-state index is 12.5. The molecule has 0 bridgehead atoms. The summed E-state index contributed by atoms with van der Waals surface area (Å²) in [5.74, 6) is 0.700. The molecular formula is C16H18N6O. The lowest BCUT2D eigenvalue weighted by atomic mass is 9.99. The first-order valence-corrected chi connectivity index (χ1v) is 7.68. The predicted molar refractivity (Wildman–Crippen MR) is 82.3 cm³/mol. The van der Waals surface area contributed by atoms with E-state index in [1.54, 1.807) is 9.58 Å². The molecule has 1 aromatic heterocycles. The SMILES string of the molecule is Cc1nnnn1Cc1ccc(C(=O)N2CCC[C@H](C#N)C2)cc1. The minimum atomic E-state index is -0.0465. The average Bonchev–Trinajstić information content (AvgIpc) is 3.00. The van der Waals surface area contributed by atoms with E-state index in [2.05, 4.69) is 21.6 Å². The molecular weight excluding hydrogens is 292 g/mol. The summed E-state index contributed by atoms with van der Waals surface area (Å²) in [6, 6.07) is 9.75. The Labute approximate surface area is 134 Å². The van der Waals surface area contributed by atoms with Crippen LogP contribution in [-0.2, 0) is 6.54 Å². The van der Waals surface area contributed by atoms with Crippen molar-refractivity contribution in [3.8, 4) is 6.07 Å². The Morgan fingerprint density at radius 1 is 1.39 bits per heavy atom. The van der Waals surface area contributed by atoms with E-state index in [-0.39, 0.29) is 11.8 Å². The third kappa shape index (κ3) is 3.37. The first kappa shape index (κ1) is 15.2. The monoisotopic (exact) mass is 310 g/mol. The van der Waals surface area contributed by atoms with Crippen LogP contribution in [0.4, 0.5) is 0 Å². The summed E-state index contributed by atoms with van der Waals surface area (Å²) in [5, 5.41) is 20.4. The molecule has 0 saturated carbocycles. The Kier molecular flexibility index (Phi) is 4.33. The normalized spacial score (nSPS) is 17.7. The summed E-state index contributed by atoms with van der Waals surface area (Å²) < 4.78 is 1.71. The van der Waals surface area contributed by atoms with Crippen molar-refractivity contribution < 1.29 is 4.79 Å². The summed E-state index contributed by atoms with van der Waals surface area (Å²) in [6.07, 6.45) is 1.77. The van der Waals surface area contributed by atoms with E-state index in [4.69, 9.17) is 5.26 Å². The van der Waals surface area contributed by atoms with Crippen LogP contribution in [0.5, 0.6) is 0 Å². The molecule has 0 unspecified atom stereocenters. The number of benzene rings is 1. The number of nitriles is 1. The second-order valence-corrected chi connectivity index (χ2v) is 5.80. The Morgan fingerprint density at radius 2 is 2.17 bits per heavy atom. The first-order valence-electron chi connectivity index (χ1n) is 7.68. The molecule has 3 rings (SSSR count). The number of carbonyl (C=O) groups excluding carboxylic acids is 1. The van der Waals surface area contributed by atoms with Gasteiger partial charge < -0.3 is 4.90 Å². The van der Waals surface area contributed by atoms with Crippen LogP contribution < -0.4 is 0 Å². The molecule has 0 radical (unpaired) electrons. The van der Waals surface area contributed by atoms with Gasteiger partial charge >= 0.3 is 0 Å². The molecule has 1 amide bonds. The Morgan fingerprint density at radius 3 is 2.83 bits per heavy atom. The lowest BCUT2D eigenvalue weighted by molar-refractivity contribution is 0.0699. The fourth-order valence-corrected chi connectivity index (χ4v) is 2.77. The highest BCUT2D eigenvalue weighted by Crippen LogP contribution is 2.18. The molecule has 1 aromatic carbocycles. The van der Waals surface area contributed by atoms with Crippen LogP contribution in [0.15, 0.2) is 24.3 Å². The molecule has 1 aliphatic heterocycles. The summed E-state index contributed by atoms with van der Waals surface area (Å²) in [7, 11) is 0. The van der Waals surface area contributed by atoms with E-state index >= 15 is 0 Å². The molecule has 23 heavy (non-hydrogen) atoms. The van der Waals surface area contributed by atoms with Crippen LogP contribution in [-0.4, -0.2) is 44.1 Å². The maximum Gasteiger partial charge on any atom is 0.253 e. The number of tetrazole rings is 1. The van der Waals surface area contributed by atoms with Crippen molar-refractivity contribution in [3.63, 3.8) is 0 Å². The average molecular weight is 310 g/mol. The molecule has 1 fully saturated rings. The van der Waals surface area contributed by atoms with Crippen molar-refractivity contribution in [2.45, 2.75) is 26.3 Å². The molecule has 0 N–H and O–H groups in total. The van der Waals surface area contributed by atoms with Crippen molar-refractivity contribution in [2.75, 3.05) is 13.1 Å². The Hall–Kier alpha value is -2.75. The summed E-state index contributed by atoms with van der Waals surface area (Å²) in [5.41, 5.74) is 1.69. The van der Waals surface area contributed by atoms with Gasteiger partial charge in [-0.15, -0.1) is 5.10 Å². The fraction of sp³-hybridized carbons (Fsp3) is 0.438. The van der Waals surface area contributed by atoms with Crippen LogP contribution in [0.1, 0.15) is 34.6 Å². The zero-order valence-corrected chi connectivity index (χ0v) is 13.0. The number of aromatic nitrogens is 4. The number of amides is 1. The van der Waals surface area contributed by atoms with Crippen LogP contribution in [0.25, 0.3) is 0 Å². The van der Waals surface area contributed by atoms with Gasteiger partial charge in [0.15, 0.2) is 0 Å². The fourth-order valence-electron chi connectivity index (χ4n) is 2.77. The van der Waals surface area contributed by atoms with Gasteiger partial charge in [0.25, 0.3) is 5.91 Å². The minimum absolute atomic E-state index is 0.00453. The van der Waals surface area contributed by atoms with Gasteiger partial charge in [-0.05, 0) is 47.9 Å². The van der Waals surface area contributed by atoms with E-state index in [1.165, 1.54) is 0 Å². The van der Waals surface area contributed by atoms with Gasteiger partial charge in [0.2, 0.25) is 0 Å². The minimum Gasteiger partial charge on any atom is -0.337 e. The van der Waals surface area contributed by atoms with Crippen molar-refractivity contribution in [3.05, 3.63) is 41.2 Å². The Bertz CT molecular complexity index is 730.